The summed E-state index contributed by atoms with van der Waals surface area (Å²) in [5, 5.41) is 8.29. The van der Waals surface area contributed by atoms with E-state index in [0.717, 1.165) is 17.9 Å². The van der Waals surface area contributed by atoms with Crippen molar-refractivity contribution in [2.75, 3.05) is 7.05 Å². The summed E-state index contributed by atoms with van der Waals surface area (Å²) in [6.07, 6.45) is 2.18. The third-order valence-corrected chi connectivity index (χ3v) is 3.33. The molecule has 0 aliphatic heterocycles. The van der Waals surface area contributed by atoms with Gasteiger partial charge in [0.2, 0.25) is 0 Å². The zero-order chi connectivity index (χ0) is 11.0. The van der Waals surface area contributed by atoms with Crippen molar-refractivity contribution < 1.29 is 0 Å². The monoisotopic (exact) mass is 233 g/mol. The fourth-order valence-corrected chi connectivity index (χ4v) is 2.25. The summed E-state index contributed by atoms with van der Waals surface area (Å²) in [4.78, 5) is 0. The summed E-state index contributed by atoms with van der Waals surface area (Å²) in [5.41, 5.74) is 1.27. The lowest BCUT2D eigenvalue weighted by Crippen LogP contribution is -2.26. The zero-order valence-electron chi connectivity index (χ0n) is 9.43. The van der Waals surface area contributed by atoms with Crippen molar-refractivity contribution in [2.24, 2.45) is 0 Å². The third kappa shape index (κ3) is 4.45. The van der Waals surface area contributed by atoms with Gasteiger partial charge in [0.25, 0.3) is 0 Å². The average molecular weight is 234 g/mol. The van der Waals surface area contributed by atoms with E-state index in [1.807, 2.05) is 26.3 Å². The van der Waals surface area contributed by atoms with Gasteiger partial charge < -0.3 is 5.32 Å². The van der Waals surface area contributed by atoms with Crippen molar-refractivity contribution in [2.45, 2.75) is 39.7 Å². The molecular formula is C11H20ClNS. The van der Waals surface area contributed by atoms with Crippen LogP contribution in [0, 0.1) is 0 Å². The number of halogens is 1. The summed E-state index contributed by atoms with van der Waals surface area (Å²) in [6, 6.07) is 0.553. The van der Waals surface area contributed by atoms with E-state index in [4.69, 9.17) is 11.6 Å². The van der Waals surface area contributed by atoms with Crippen molar-refractivity contribution in [1.29, 1.82) is 0 Å². The Balaban J connectivity index is 0.000000791. The lowest BCUT2D eigenvalue weighted by molar-refractivity contribution is 0.544. The van der Waals surface area contributed by atoms with E-state index in [-0.39, 0.29) is 0 Å². The summed E-state index contributed by atoms with van der Waals surface area (Å²) in [7, 11) is 1.99. The highest BCUT2D eigenvalue weighted by atomic mass is 35.5. The molecule has 0 saturated heterocycles. The van der Waals surface area contributed by atoms with Crippen molar-refractivity contribution in [3.05, 3.63) is 21.3 Å². The molecule has 82 valence electrons. The maximum atomic E-state index is 5.98. The van der Waals surface area contributed by atoms with Crippen LogP contribution in [0.15, 0.2) is 10.8 Å². The summed E-state index contributed by atoms with van der Waals surface area (Å²) < 4.78 is 0. The van der Waals surface area contributed by atoms with Crippen LogP contribution < -0.4 is 5.32 Å². The quantitative estimate of drug-likeness (QED) is 0.830. The van der Waals surface area contributed by atoms with Crippen molar-refractivity contribution in [3.63, 3.8) is 0 Å². The molecule has 0 aliphatic carbocycles. The van der Waals surface area contributed by atoms with E-state index in [0.29, 0.717) is 6.04 Å². The van der Waals surface area contributed by atoms with E-state index in [9.17, 15) is 0 Å². The molecule has 3 heteroatoms. The largest absolute Gasteiger partial charge is 0.317 e. The Hall–Kier alpha value is -0.0500. The number of nitrogens with one attached hydrogen (secondary N) is 1. The fourth-order valence-electron chi connectivity index (χ4n) is 1.17. The zero-order valence-corrected chi connectivity index (χ0v) is 11.0. The Kier molecular flexibility index (Phi) is 8.24. The molecule has 1 heterocycles. The molecule has 1 N–H and O–H groups in total. The average Bonchev–Trinajstić information content (AvgIpc) is 2.63. The molecule has 14 heavy (non-hydrogen) atoms. The minimum atomic E-state index is 0.553. The molecule has 1 rings (SSSR count). The number of hydrogen-bond acceptors (Lipinski definition) is 2. The second kappa shape index (κ2) is 8.27. The van der Waals surface area contributed by atoms with E-state index in [1.165, 1.54) is 5.56 Å². The highest BCUT2D eigenvalue weighted by Crippen LogP contribution is 2.22. The minimum Gasteiger partial charge on any atom is -0.317 e. The first kappa shape index (κ1) is 13.9. The molecule has 0 radical (unpaired) electrons. The molecule has 0 bridgehead atoms. The molecular weight excluding hydrogens is 214 g/mol. The summed E-state index contributed by atoms with van der Waals surface area (Å²) >= 11 is 7.65. The molecule has 1 atom stereocenters. The normalized spacial score (nSPS) is 11.8. The smallest absolute Gasteiger partial charge is 0.0545 e. The van der Waals surface area contributed by atoms with Crippen LogP contribution in [0.1, 0.15) is 32.8 Å². The van der Waals surface area contributed by atoms with Gasteiger partial charge in [0.05, 0.1) is 5.02 Å². The first-order valence-corrected chi connectivity index (χ1v) is 6.47. The van der Waals surface area contributed by atoms with Gasteiger partial charge in [-0.15, -0.1) is 0 Å². The maximum Gasteiger partial charge on any atom is 0.0545 e. The van der Waals surface area contributed by atoms with Crippen LogP contribution in [0.2, 0.25) is 5.02 Å². The molecule has 1 nitrogen and oxygen atoms in total. The Morgan fingerprint density at radius 2 is 2.07 bits per heavy atom. The number of hydrogen-bond donors (Lipinski definition) is 1. The molecule has 0 saturated carbocycles. The topological polar surface area (TPSA) is 12.0 Å². The van der Waals surface area contributed by atoms with Crippen LogP contribution in [0.5, 0.6) is 0 Å². The van der Waals surface area contributed by atoms with Gasteiger partial charge in [0, 0.05) is 11.4 Å². The number of thiophene rings is 1. The molecule has 0 unspecified atom stereocenters. The SMILES string of the molecule is CC.CC[C@H](Cc1cscc1Cl)NC. The fraction of sp³-hybridized carbons (Fsp3) is 0.636. The molecule has 0 amide bonds. The number of rotatable bonds is 4. The first-order chi connectivity index (χ1) is 6.77. The van der Waals surface area contributed by atoms with Crippen LogP contribution in [-0.4, -0.2) is 13.1 Å². The van der Waals surface area contributed by atoms with E-state index in [2.05, 4.69) is 17.6 Å². The second-order valence-electron chi connectivity index (χ2n) is 2.84. The van der Waals surface area contributed by atoms with Gasteiger partial charge in [-0.3, -0.25) is 0 Å². The molecule has 1 aromatic heterocycles. The predicted molar refractivity (Wildman–Crippen MR) is 67.5 cm³/mol. The van der Waals surface area contributed by atoms with Crippen LogP contribution in [0.4, 0.5) is 0 Å². The van der Waals surface area contributed by atoms with Gasteiger partial charge in [-0.25, -0.2) is 0 Å². The molecule has 0 aromatic carbocycles. The van der Waals surface area contributed by atoms with Crippen molar-refractivity contribution in [1.82, 2.24) is 5.32 Å². The lowest BCUT2D eigenvalue weighted by Gasteiger charge is -2.12. The Bertz CT molecular complexity index is 231. The Morgan fingerprint density at radius 1 is 1.43 bits per heavy atom. The van der Waals surface area contributed by atoms with Gasteiger partial charge >= 0.3 is 0 Å². The third-order valence-electron chi connectivity index (χ3n) is 2.06. The summed E-state index contributed by atoms with van der Waals surface area (Å²) in [5.74, 6) is 0. The van der Waals surface area contributed by atoms with Gasteiger partial charge in [0.15, 0.2) is 0 Å². The van der Waals surface area contributed by atoms with Gasteiger partial charge in [0.1, 0.15) is 0 Å². The van der Waals surface area contributed by atoms with Gasteiger partial charge in [-0.1, -0.05) is 32.4 Å². The van der Waals surface area contributed by atoms with Crippen molar-refractivity contribution in [3.8, 4) is 0 Å². The van der Waals surface area contributed by atoms with Gasteiger partial charge in [-0.05, 0) is 30.8 Å². The predicted octanol–water partition coefficient (Wildman–Crippen LogP) is 3.97. The van der Waals surface area contributed by atoms with E-state index >= 15 is 0 Å². The van der Waals surface area contributed by atoms with Crippen LogP contribution in [0.25, 0.3) is 0 Å². The lowest BCUT2D eigenvalue weighted by atomic mass is 10.1. The molecule has 0 fully saturated rings. The minimum absolute atomic E-state index is 0.553. The molecule has 0 aliphatic rings. The van der Waals surface area contributed by atoms with Crippen LogP contribution in [0.3, 0.4) is 0 Å². The van der Waals surface area contributed by atoms with E-state index in [1.54, 1.807) is 11.3 Å². The molecule has 1 aromatic rings. The maximum absolute atomic E-state index is 5.98. The Morgan fingerprint density at radius 3 is 2.43 bits per heavy atom. The van der Waals surface area contributed by atoms with Gasteiger partial charge in [-0.2, -0.15) is 11.3 Å². The van der Waals surface area contributed by atoms with E-state index < -0.39 is 0 Å². The van der Waals surface area contributed by atoms with Crippen LogP contribution in [-0.2, 0) is 6.42 Å². The standard InChI is InChI=1S/C9H14ClNS.C2H6/c1-3-8(11-2)4-7-5-12-6-9(7)10;1-2/h5-6,8,11H,3-4H2,1-2H3;1-2H3/t8-;/m1./s1. The first-order valence-electron chi connectivity index (χ1n) is 5.15. The van der Waals surface area contributed by atoms with Crippen LogP contribution >= 0.6 is 22.9 Å². The summed E-state index contributed by atoms with van der Waals surface area (Å²) in [6.45, 7) is 6.18. The Labute approximate surface area is 96.5 Å². The highest BCUT2D eigenvalue weighted by molar-refractivity contribution is 7.08. The number of likely N-dealkylation sites (N-methyl/N-ethyl adjacent to an activating group) is 1. The molecule has 0 spiro atoms. The van der Waals surface area contributed by atoms with Crippen molar-refractivity contribution >= 4 is 22.9 Å². The highest BCUT2D eigenvalue weighted by Gasteiger charge is 2.07. The second-order valence-corrected chi connectivity index (χ2v) is 3.99.